The summed E-state index contributed by atoms with van der Waals surface area (Å²) in [4.78, 5) is 0. The van der Waals surface area contributed by atoms with Crippen molar-refractivity contribution in [2.75, 3.05) is 11.9 Å². The SMILES string of the molecule is C[C@H]1CNc2cc(Cl)ccc2C1. The smallest absolute Gasteiger partial charge is 0.0426 e. The number of fused-ring (bicyclic) bond motifs is 1. The molecule has 0 spiro atoms. The molecule has 1 aliphatic heterocycles. The lowest BCUT2D eigenvalue weighted by Gasteiger charge is -2.23. The van der Waals surface area contributed by atoms with Crippen molar-refractivity contribution >= 4 is 17.3 Å². The molecule has 0 aliphatic carbocycles. The molecule has 0 fully saturated rings. The number of hydrogen-bond donors (Lipinski definition) is 1. The van der Waals surface area contributed by atoms with Crippen molar-refractivity contribution in [1.29, 1.82) is 0 Å². The second kappa shape index (κ2) is 2.98. The second-order valence-electron chi connectivity index (χ2n) is 3.49. The Labute approximate surface area is 77.7 Å². The average Bonchev–Trinajstić information content (AvgIpc) is 2.05. The van der Waals surface area contributed by atoms with E-state index >= 15 is 0 Å². The molecule has 0 saturated heterocycles. The van der Waals surface area contributed by atoms with Gasteiger partial charge >= 0.3 is 0 Å². The normalized spacial score (nSPS) is 21.3. The summed E-state index contributed by atoms with van der Waals surface area (Å²) in [6.45, 7) is 3.32. The monoisotopic (exact) mass is 181 g/mol. The lowest BCUT2D eigenvalue weighted by molar-refractivity contribution is 0.595. The molecule has 1 heterocycles. The summed E-state index contributed by atoms with van der Waals surface area (Å²) in [5.74, 6) is 0.735. The van der Waals surface area contributed by atoms with Crippen molar-refractivity contribution in [3.63, 3.8) is 0 Å². The van der Waals surface area contributed by atoms with Gasteiger partial charge in [-0.2, -0.15) is 0 Å². The highest BCUT2D eigenvalue weighted by Gasteiger charge is 2.13. The molecule has 0 radical (unpaired) electrons. The van der Waals surface area contributed by atoms with E-state index in [0.717, 1.165) is 17.5 Å². The van der Waals surface area contributed by atoms with Gasteiger partial charge in [-0.25, -0.2) is 0 Å². The average molecular weight is 182 g/mol. The van der Waals surface area contributed by atoms with Crippen LogP contribution in [-0.4, -0.2) is 6.54 Å². The minimum absolute atomic E-state index is 0.735. The van der Waals surface area contributed by atoms with Crippen LogP contribution in [0.15, 0.2) is 18.2 Å². The zero-order valence-corrected chi connectivity index (χ0v) is 7.86. The molecular formula is C10H12ClN. The first kappa shape index (κ1) is 7.93. The fourth-order valence-corrected chi connectivity index (χ4v) is 1.80. The zero-order valence-electron chi connectivity index (χ0n) is 7.10. The number of halogens is 1. The fraction of sp³-hybridized carbons (Fsp3) is 0.400. The molecule has 0 unspecified atom stereocenters. The summed E-state index contributed by atoms with van der Waals surface area (Å²) in [6, 6.07) is 6.07. The van der Waals surface area contributed by atoms with Crippen LogP contribution in [0.1, 0.15) is 12.5 Å². The molecule has 2 rings (SSSR count). The maximum atomic E-state index is 5.87. The molecule has 2 heteroatoms. The molecule has 64 valence electrons. The van der Waals surface area contributed by atoms with Crippen molar-refractivity contribution in [1.82, 2.24) is 0 Å². The van der Waals surface area contributed by atoms with Crippen molar-refractivity contribution in [3.8, 4) is 0 Å². The minimum atomic E-state index is 0.735. The van der Waals surface area contributed by atoms with Gasteiger partial charge in [0.15, 0.2) is 0 Å². The lowest BCUT2D eigenvalue weighted by atomic mass is 9.96. The summed E-state index contributed by atoms with van der Waals surface area (Å²) >= 11 is 5.87. The van der Waals surface area contributed by atoms with Gasteiger partial charge in [0.05, 0.1) is 0 Å². The number of benzene rings is 1. The Morgan fingerprint density at radius 1 is 1.50 bits per heavy atom. The van der Waals surface area contributed by atoms with E-state index < -0.39 is 0 Å². The highest BCUT2D eigenvalue weighted by atomic mass is 35.5. The Hall–Kier alpha value is -0.690. The van der Waals surface area contributed by atoms with E-state index in [1.807, 2.05) is 12.1 Å². The summed E-state index contributed by atoms with van der Waals surface area (Å²) in [6.07, 6.45) is 1.17. The van der Waals surface area contributed by atoms with Crippen molar-refractivity contribution in [3.05, 3.63) is 28.8 Å². The topological polar surface area (TPSA) is 12.0 Å². The molecule has 1 atom stereocenters. The number of nitrogens with one attached hydrogen (secondary N) is 1. The highest BCUT2D eigenvalue weighted by Crippen LogP contribution is 2.27. The van der Waals surface area contributed by atoms with Crippen LogP contribution >= 0.6 is 11.6 Å². The summed E-state index contributed by atoms with van der Waals surface area (Å²) in [5, 5.41) is 4.18. The molecular weight excluding hydrogens is 170 g/mol. The van der Waals surface area contributed by atoms with E-state index in [9.17, 15) is 0 Å². The van der Waals surface area contributed by atoms with Crippen molar-refractivity contribution < 1.29 is 0 Å². The van der Waals surface area contributed by atoms with Crippen LogP contribution in [0.5, 0.6) is 0 Å². The van der Waals surface area contributed by atoms with Gasteiger partial charge in [-0.3, -0.25) is 0 Å². The van der Waals surface area contributed by atoms with Crippen LogP contribution in [0.25, 0.3) is 0 Å². The van der Waals surface area contributed by atoms with Crippen LogP contribution in [0.3, 0.4) is 0 Å². The molecule has 0 saturated carbocycles. The van der Waals surface area contributed by atoms with Gasteiger partial charge in [-0.1, -0.05) is 24.6 Å². The predicted octanol–water partition coefficient (Wildman–Crippen LogP) is 2.94. The summed E-state index contributed by atoms with van der Waals surface area (Å²) in [7, 11) is 0. The third-order valence-electron chi connectivity index (χ3n) is 2.28. The van der Waals surface area contributed by atoms with Crippen LogP contribution in [-0.2, 0) is 6.42 Å². The van der Waals surface area contributed by atoms with Gasteiger partial charge in [0, 0.05) is 17.3 Å². The van der Waals surface area contributed by atoms with Crippen molar-refractivity contribution in [2.45, 2.75) is 13.3 Å². The minimum Gasteiger partial charge on any atom is -0.385 e. The third kappa shape index (κ3) is 1.42. The molecule has 1 nitrogen and oxygen atoms in total. The van der Waals surface area contributed by atoms with E-state index in [1.54, 1.807) is 0 Å². The third-order valence-corrected chi connectivity index (χ3v) is 2.52. The molecule has 1 aromatic carbocycles. The van der Waals surface area contributed by atoms with Crippen molar-refractivity contribution in [2.24, 2.45) is 5.92 Å². The Balaban J connectivity index is 2.37. The molecule has 0 bridgehead atoms. The molecule has 1 aliphatic rings. The lowest BCUT2D eigenvalue weighted by Crippen LogP contribution is -2.20. The predicted molar refractivity (Wildman–Crippen MR) is 52.8 cm³/mol. The van der Waals surface area contributed by atoms with E-state index in [0.29, 0.717) is 0 Å². The van der Waals surface area contributed by atoms with Crippen LogP contribution < -0.4 is 5.32 Å². The van der Waals surface area contributed by atoms with E-state index in [2.05, 4.69) is 18.3 Å². The first-order chi connectivity index (χ1) is 5.75. The second-order valence-corrected chi connectivity index (χ2v) is 3.93. The van der Waals surface area contributed by atoms with Gasteiger partial charge in [0.25, 0.3) is 0 Å². The standard InChI is InChI=1S/C10H12ClN/c1-7-4-8-2-3-9(11)5-10(8)12-6-7/h2-3,5,7,12H,4,6H2,1H3/t7-/m1/s1. The maximum Gasteiger partial charge on any atom is 0.0426 e. The number of anilines is 1. The summed E-state index contributed by atoms with van der Waals surface area (Å²) < 4.78 is 0. The van der Waals surface area contributed by atoms with Crippen LogP contribution in [0.2, 0.25) is 5.02 Å². The molecule has 12 heavy (non-hydrogen) atoms. The molecule has 0 amide bonds. The van der Waals surface area contributed by atoms with Gasteiger partial charge in [-0.15, -0.1) is 0 Å². The van der Waals surface area contributed by atoms with Crippen LogP contribution in [0, 0.1) is 5.92 Å². The quantitative estimate of drug-likeness (QED) is 0.649. The largest absolute Gasteiger partial charge is 0.385 e. The van der Waals surface area contributed by atoms with Gasteiger partial charge in [0.2, 0.25) is 0 Å². The first-order valence-corrected chi connectivity index (χ1v) is 4.66. The van der Waals surface area contributed by atoms with Gasteiger partial charge in [-0.05, 0) is 30.0 Å². The Bertz CT molecular complexity index is 296. The first-order valence-electron chi connectivity index (χ1n) is 4.28. The summed E-state index contributed by atoms with van der Waals surface area (Å²) in [5.41, 5.74) is 2.60. The van der Waals surface area contributed by atoms with E-state index in [1.165, 1.54) is 17.7 Å². The Kier molecular flexibility index (Phi) is 1.97. The zero-order chi connectivity index (χ0) is 8.55. The van der Waals surface area contributed by atoms with E-state index in [4.69, 9.17) is 11.6 Å². The van der Waals surface area contributed by atoms with Crippen LogP contribution in [0.4, 0.5) is 5.69 Å². The number of rotatable bonds is 0. The Morgan fingerprint density at radius 3 is 3.17 bits per heavy atom. The van der Waals surface area contributed by atoms with Gasteiger partial charge in [0.1, 0.15) is 0 Å². The maximum absolute atomic E-state index is 5.87. The fourth-order valence-electron chi connectivity index (χ4n) is 1.62. The van der Waals surface area contributed by atoms with E-state index in [-0.39, 0.29) is 0 Å². The molecule has 0 aromatic heterocycles. The Morgan fingerprint density at radius 2 is 2.33 bits per heavy atom. The highest BCUT2D eigenvalue weighted by molar-refractivity contribution is 6.30. The molecule has 1 N–H and O–H groups in total. The van der Waals surface area contributed by atoms with Gasteiger partial charge < -0.3 is 5.32 Å². The number of hydrogen-bond acceptors (Lipinski definition) is 1. The molecule has 1 aromatic rings.